The van der Waals surface area contributed by atoms with Crippen LogP contribution in [0.2, 0.25) is 0 Å². The summed E-state index contributed by atoms with van der Waals surface area (Å²) in [7, 11) is 3.22. The van der Waals surface area contributed by atoms with Crippen LogP contribution in [0, 0.1) is 0 Å². The van der Waals surface area contributed by atoms with Gasteiger partial charge in [-0.1, -0.05) is 61.5 Å². The summed E-state index contributed by atoms with van der Waals surface area (Å²) in [6.07, 6.45) is 0.772. The summed E-state index contributed by atoms with van der Waals surface area (Å²) in [4.78, 5) is 0. The number of ether oxygens (including phenoxy) is 3. The third kappa shape index (κ3) is 4.44. The molecular weight excluding hydrogens is 364 g/mol. The van der Waals surface area contributed by atoms with Crippen molar-refractivity contribution in [1.29, 1.82) is 0 Å². The highest BCUT2D eigenvalue weighted by molar-refractivity contribution is 5.45. The number of methoxy groups -OCH3 is 2. The molecule has 0 aliphatic heterocycles. The lowest BCUT2D eigenvalue weighted by molar-refractivity contribution is 0.0461. The topological polar surface area (TPSA) is 47.9 Å². The van der Waals surface area contributed by atoms with E-state index in [0.717, 1.165) is 28.9 Å². The zero-order chi connectivity index (χ0) is 20.7. The third-order valence-corrected chi connectivity index (χ3v) is 5.28. The van der Waals surface area contributed by atoms with Gasteiger partial charge in [0.15, 0.2) is 6.79 Å². The lowest BCUT2D eigenvalue weighted by atomic mass is 9.72. The highest BCUT2D eigenvalue weighted by Crippen LogP contribution is 2.45. The van der Waals surface area contributed by atoms with Crippen molar-refractivity contribution in [3.05, 3.63) is 95.6 Å². The maximum absolute atomic E-state index is 12.2. The van der Waals surface area contributed by atoms with E-state index in [-0.39, 0.29) is 12.7 Å². The molecule has 0 saturated heterocycles. The molecule has 3 aromatic rings. The van der Waals surface area contributed by atoms with Crippen molar-refractivity contribution in [2.45, 2.75) is 24.9 Å². The number of rotatable bonds is 9. The van der Waals surface area contributed by atoms with Gasteiger partial charge >= 0.3 is 0 Å². The predicted octanol–water partition coefficient (Wildman–Crippen LogP) is 5.11. The third-order valence-electron chi connectivity index (χ3n) is 5.28. The van der Waals surface area contributed by atoms with Crippen LogP contribution >= 0.6 is 0 Å². The van der Waals surface area contributed by atoms with Crippen LogP contribution in [-0.4, -0.2) is 26.1 Å². The molecule has 0 aliphatic rings. The van der Waals surface area contributed by atoms with Gasteiger partial charge in [-0.05, 0) is 47.4 Å². The van der Waals surface area contributed by atoms with E-state index in [4.69, 9.17) is 14.2 Å². The largest absolute Gasteiger partial charge is 0.497 e. The Morgan fingerprint density at radius 3 is 1.83 bits per heavy atom. The van der Waals surface area contributed by atoms with E-state index in [1.165, 1.54) is 0 Å². The minimum atomic E-state index is -1.21. The lowest BCUT2D eigenvalue weighted by Gasteiger charge is -2.37. The first-order valence-corrected chi connectivity index (χ1v) is 9.77. The van der Waals surface area contributed by atoms with E-state index in [1.54, 1.807) is 14.2 Å². The van der Waals surface area contributed by atoms with E-state index in [0.29, 0.717) is 5.75 Å². The number of hydrogen-bond acceptors (Lipinski definition) is 4. The molecule has 0 heterocycles. The molecule has 0 saturated carbocycles. The molecule has 29 heavy (non-hydrogen) atoms. The number of benzene rings is 3. The normalized spacial score (nSPS) is 14.1. The van der Waals surface area contributed by atoms with Gasteiger partial charge in [-0.2, -0.15) is 0 Å². The van der Waals surface area contributed by atoms with Gasteiger partial charge in [-0.3, -0.25) is 0 Å². The highest BCUT2D eigenvalue weighted by atomic mass is 16.7. The minimum absolute atomic E-state index is 0.122. The van der Waals surface area contributed by atoms with Gasteiger partial charge in [-0.25, -0.2) is 0 Å². The van der Waals surface area contributed by atoms with Crippen LogP contribution in [0.1, 0.15) is 36.0 Å². The van der Waals surface area contributed by atoms with Crippen LogP contribution in [0.15, 0.2) is 78.9 Å². The Labute approximate surface area is 172 Å². The van der Waals surface area contributed by atoms with Crippen molar-refractivity contribution >= 4 is 0 Å². The molecule has 0 aromatic heterocycles. The van der Waals surface area contributed by atoms with E-state index in [2.05, 4.69) is 19.1 Å². The zero-order valence-electron chi connectivity index (χ0n) is 17.2. The zero-order valence-corrected chi connectivity index (χ0v) is 17.2. The van der Waals surface area contributed by atoms with Crippen molar-refractivity contribution in [2.75, 3.05) is 21.0 Å². The fraction of sp³-hybridized carbons (Fsp3) is 0.280. The summed E-state index contributed by atoms with van der Waals surface area (Å²) in [5, 5.41) is 12.2. The molecule has 0 amide bonds. The van der Waals surface area contributed by atoms with Gasteiger partial charge in [0.05, 0.1) is 7.11 Å². The first kappa shape index (κ1) is 20.9. The summed E-state index contributed by atoms with van der Waals surface area (Å²) >= 11 is 0. The Morgan fingerprint density at radius 1 is 0.793 bits per heavy atom. The average molecular weight is 392 g/mol. The minimum Gasteiger partial charge on any atom is -0.497 e. The van der Waals surface area contributed by atoms with Crippen molar-refractivity contribution in [2.24, 2.45) is 0 Å². The van der Waals surface area contributed by atoms with Crippen LogP contribution in [0.5, 0.6) is 11.5 Å². The van der Waals surface area contributed by atoms with Gasteiger partial charge < -0.3 is 19.3 Å². The highest BCUT2D eigenvalue weighted by Gasteiger charge is 2.40. The fourth-order valence-electron chi connectivity index (χ4n) is 3.80. The van der Waals surface area contributed by atoms with E-state index >= 15 is 0 Å². The first-order valence-electron chi connectivity index (χ1n) is 9.77. The molecule has 152 valence electrons. The molecule has 0 spiro atoms. The average Bonchev–Trinajstić information content (AvgIpc) is 2.79. The van der Waals surface area contributed by atoms with Crippen LogP contribution in [-0.2, 0) is 10.3 Å². The number of aliphatic hydroxyl groups is 1. The predicted molar refractivity (Wildman–Crippen MR) is 114 cm³/mol. The van der Waals surface area contributed by atoms with Crippen molar-refractivity contribution in [3.63, 3.8) is 0 Å². The van der Waals surface area contributed by atoms with Crippen LogP contribution < -0.4 is 9.47 Å². The second-order valence-corrected chi connectivity index (χ2v) is 6.94. The molecule has 4 nitrogen and oxygen atoms in total. The Morgan fingerprint density at radius 2 is 1.34 bits per heavy atom. The Kier molecular flexibility index (Phi) is 6.91. The summed E-state index contributed by atoms with van der Waals surface area (Å²) in [5.41, 5.74) is 1.51. The van der Waals surface area contributed by atoms with Crippen molar-refractivity contribution < 1.29 is 19.3 Å². The van der Waals surface area contributed by atoms with E-state index < -0.39 is 5.60 Å². The Balaban J connectivity index is 2.09. The molecule has 0 fully saturated rings. The van der Waals surface area contributed by atoms with Crippen LogP contribution in [0.25, 0.3) is 0 Å². The van der Waals surface area contributed by atoms with Gasteiger partial charge in [0.25, 0.3) is 0 Å². The summed E-state index contributed by atoms with van der Waals surface area (Å²) < 4.78 is 15.8. The Hall–Kier alpha value is -2.82. The molecular formula is C25H28O4. The fourth-order valence-corrected chi connectivity index (χ4v) is 3.80. The molecule has 2 atom stereocenters. The smallest absolute Gasteiger partial charge is 0.188 e. The molecule has 3 aromatic carbocycles. The SMILES string of the molecule is CCC(c1ccccc1)C(O)(c1ccc(OC)cc1)c1ccc(OCOC)cc1. The van der Waals surface area contributed by atoms with E-state index in [1.807, 2.05) is 66.7 Å². The first-order chi connectivity index (χ1) is 14.1. The molecule has 0 aliphatic carbocycles. The summed E-state index contributed by atoms with van der Waals surface area (Å²) in [6.45, 7) is 2.28. The summed E-state index contributed by atoms with van der Waals surface area (Å²) in [6, 6.07) is 25.3. The van der Waals surface area contributed by atoms with Crippen LogP contribution in [0.4, 0.5) is 0 Å². The molecule has 4 heteroatoms. The van der Waals surface area contributed by atoms with Gasteiger partial charge in [0, 0.05) is 13.0 Å². The molecule has 2 unspecified atom stereocenters. The summed E-state index contributed by atoms with van der Waals surface area (Å²) in [5.74, 6) is 1.33. The maximum Gasteiger partial charge on any atom is 0.188 e. The molecule has 0 bridgehead atoms. The Bertz CT molecular complexity index is 875. The van der Waals surface area contributed by atoms with E-state index in [9.17, 15) is 5.11 Å². The number of hydrogen-bond donors (Lipinski definition) is 1. The van der Waals surface area contributed by atoms with Crippen LogP contribution in [0.3, 0.4) is 0 Å². The quantitative estimate of drug-likeness (QED) is 0.514. The second-order valence-electron chi connectivity index (χ2n) is 6.94. The monoisotopic (exact) mass is 392 g/mol. The maximum atomic E-state index is 12.2. The molecule has 0 radical (unpaired) electrons. The van der Waals surface area contributed by atoms with Gasteiger partial charge in [0.1, 0.15) is 17.1 Å². The molecule has 1 N–H and O–H groups in total. The van der Waals surface area contributed by atoms with Crippen molar-refractivity contribution in [1.82, 2.24) is 0 Å². The second kappa shape index (κ2) is 9.59. The lowest BCUT2D eigenvalue weighted by Crippen LogP contribution is -2.34. The molecule has 3 rings (SSSR count). The standard InChI is InChI=1S/C25H28O4/c1-4-24(19-8-6-5-7-9-19)25(26,20-10-14-22(28-3)15-11-20)21-12-16-23(17-13-21)29-18-27-2/h5-17,24,26H,4,18H2,1-3H3. The van der Waals surface area contributed by atoms with Crippen molar-refractivity contribution in [3.8, 4) is 11.5 Å². The van der Waals surface area contributed by atoms with Gasteiger partial charge in [0.2, 0.25) is 0 Å². The van der Waals surface area contributed by atoms with Gasteiger partial charge in [-0.15, -0.1) is 0 Å².